The largest absolute Gasteiger partial charge is 0.419 e. The van der Waals surface area contributed by atoms with Crippen LogP contribution in [0, 0.1) is 0 Å². The van der Waals surface area contributed by atoms with E-state index in [0.29, 0.717) is 5.92 Å². The lowest BCUT2D eigenvalue weighted by atomic mass is 9.88. The summed E-state index contributed by atoms with van der Waals surface area (Å²) in [6.45, 7) is 8.73. The maximum absolute atomic E-state index is 5.65. The van der Waals surface area contributed by atoms with Crippen LogP contribution in [0.25, 0.3) is 0 Å². The molecule has 1 aromatic rings. The zero-order valence-electron chi connectivity index (χ0n) is 9.79. The summed E-state index contributed by atoms with van der Waals surface area (Å²) >= 11 is 0. The van der Waals surface area contributed by atoms with E-state index in [1.165, 1.54) is 11.1 Å². The second-order valence-corrected chi connectivity index (χ2v) is 4.86. The number of hydrogen-bond acceptors (Lipinski definition) is 1. The van der Waals surface area contributed by atoms with Crippen molar-refractivity contribution >= 4 is 10.5 Å². The molecule has 0 aliphatic carbocycles. The maximum Gasteiger partial charge on any atom is 0.147 e. The SMILES string of the molecule is CC(C)c1ccccc1C(C)(C)O[SiH3]. The molecule has 2 heteroatoms. The quantitative estimate of drug-likeness (QED) is 0.693. The van der Waals surface area contributed by atoms with Crippen LogP contribution in [0.5, 0.6) is 0 Å². The van der Waals surface area contributed by atoms with Crippen LogP contribution in [0.15, 0.2) is 24.3 Å². The molecular formula is C12H20OSi. The van der Waals surface area contributed by atoms with Crippen LogP contribution in [0.3, 0.4) is 0 Å². The number of hydrogen-bond donors (Lipinski definition) is 0. The molecule has 0 aliphatic heterocycles. The van der Waals surface area contributed by atoms with Crippen LogP contribution in [0.4, 0.5) is 0 Å². The lowest BCUT2D eigenvalue weighted by molar-refractivity contribution is 0.122. The molecule has 0 spiro atoms. The number of rotatable bonds is 3. The van der Waals surface area contributed by atoms with Crippen LogP contribution >= 0.6 is 0 Å². The molecule has 1 rings (SSSR count). The first-order valence-electron chi connectivity index (χ1n) is 5.13. The van der Waals surface area contributed by atoms with Gasteiger partial charge in [-0.3, -0.25) is 0 Å². The third-order valence-electron chi connectivity index (χ3n) is 2.74. The third-order valence-corrected chi connectivity index (χ3v) is 3.76. The van der Waals surface area contributed by atoms with E-state index in [2.05, 4.69) is 52.0 Å². The molecule has 0 atom stereocenters. The van der Waals surface area contributed by atoms with E-state index in [4.69, 9.17) is 4.43 Å². The van der Waals surface area contributed by atoms with Gasteiger partial charge in [0.1, 0.15) is 10.5 Å². The smallest absolute Gasteiger partial charge is 0.147 e. The van der Waals surface area contributed by atoms with E-state index >= 15 is 0 Å². The van der Waals surface area contributed by atoms with Crippen molar-refractivity contribution in [3.63, 3.8) is 0 Å². The minimum absolute atomic E-state index is 0.132. The summed E-state index contributed by atoms with van der Waals surface area (Å²) in [7, 11) is 0.776. The van der Waals surface area contributed by atoms with Gasteiger partial charge in [0, 0.05) is 0 Å². The molecule has 0 N–H and O–H groups in total. The number of benzene rings is 1. The lowest BCUT2D eigenvalue weighted by Crippen LogP contribution is -2.22. The van der Waals surface area contributed by atoms with Crippen molar-refractivity contribution < 1.29 is 4.43 Å². The van der Waals surface area contributed by atoms with Gasteiger partial charge in [-0.1, -0.05) is 38.1 Å². The normalized spacial score (nSPS) is 12.4. The first kappa shape index (κ1) is 11.5. The van der Waals surface area contributed by atoms with Gasteiger partial charge in [0.2, 0.25) is 0 Å². The van der Waals surface area contributed by atoms with Crippen molar-refractivity contribution in [2.45, 2.75) is 39.2 Å². The average molecular weight is 208 g/mol. The minimum Gasteiger partial charge on any atom is -0.419 e. The topological polar surface area (TPSA) is 9.23 Å². The zero-order chi connectivity index (χ0) is 10.8. The summed E-state index contributed by atoms with van der Waals surface area (Å²) in [6.07, 6.45) is 0. The second-order valence-electron chi connectivity index (χ2n) is 4.46. The van der Waals surface area contributed by atoms with E-state index < -0.39 is 0 Å². The van der Waals surface area contributed by atoms with Gasteiger partial charge in [0.25, 0.3) is 0 Å². The Morgan fingerprint density at radius 3 is 2.29 bits per heavy atom. The standard InChI is InChI=1S/C12H20OSi/c1-9(2)10-7-5-6-8-11(10)12(3,4)13-14/h5-9H,1-4,14H3. The second kappa shape index (κ2) is 4.28. The fourth-order valence-corrected chi connectivity index (χ4v) is 1.88. The van der Waals surface area contributed by atoms with Gasteiger partial charge in [-0.15, -0.1) is 0 Å². The van der Waals surface area contributed by atoms with Crippen molar-refractivity contribution in [2.24, 2.45) is 0 Å². The Bertz CT molecular complexity index is 305. The fraction of sp³-hybridized carbons (Fsp3) is 0.500. The van der Waals surface area contributed by atoms with Crippen LogP contribution in [-0.2, 0) is 10.0 Å². The monoisotopic (exact) mass is 208 g/mol. The molecule has 1 aromatic carbocycles. The van der Waals surface area contributed by atoms with E-state index in [0.717, 1.165) is 10.5 Å². The highest BCUT2D eigenvalue weighted by Gasteiger charge is 2.22. The summed E-state index contributed by atoms with van der Waals surface area (Å²) in [5, 5.41) is 0. The highest BCUT2D eigenvalue weighted by molar-refractivity contribution is 5.98. The predicted octanol–water partition coefficient (Wildman–Crippen LogP) is 2.34. The molecule has 1 nitrogen and oxygen atoms in total. The molecular weight excluding hydrogens is 188 g/mol. The van der Waals surface area contributed by atoms with Crippen molar-refractivity contribution in [1.29, 1.82) is 0 Å². The third kappa shape index (κ3) is 2.25. The fourth-order valence-electron chi connectivity index (χ4n) is 1.66. The van der Waals surface area contributed by atoms with E-state index in [1.807, 2.05) is 0 Å². The molecule has 78 valence electrons. The first-order valence-corrected chi connectivity index (χ1v) is 5.95. The van der Waals surface area contributed by atoms with Gasteiger partial charge < -0.3 is 4.43 Å². The van der Waals surface area contributed by atoms with E-state index in [1.54, 1.807) is 0 Å². The van der Waals surface area contributed by atoms with Gasteiger partial charge in [0.15, 0.2) is 0 Å². The van der Waals surface area contributed by atoms with Gasteiger partial charge in [-0.25, -0.2) is 0 Å². The Morgan fingerprint density at radius 2 is 1.79 bits per heavy atom. The highest BCUT2D eigenvalue weighted by atomic mass is 28.2. The van der Waals surface area contributed by atoms with E-state index in [-0.39, 0.29) is 5.60 Å². The minimum atomic E-state index is -0.132. The maximum atomic E-state index is 5.65. The van der Waals surface area contributed by atoms with Gasteiger partial charge in [-0.2, -0.15) is 0 Å². The predicted molar refractivity (Wildman–Crippen MR) is 64.6 cm³/mol. The van der Waals surface area contributed by atoms with Crippen molar-refractivity contribution in [3.8, 4) is 0 Å². The molecule has 0 amide bonds. The molecule has 14 heavy (non-hydrogen) atoms. The summed E-state index contributed by atoms with van der Waals surface area (Å²) in [4.78, 5) is 0. The van der Waals surface area contributed by atoms with Crippen LogP contribution in [0.1, 0.15) is 44.7 Å². The Hall–Kier alpha value is -0.603. The van der Waals surface area contributed by atoms with Crippen LogP contribution in [0.2, 0.25) is 0 Å². The Labute approximate surface area is 90.0 Å². The Balaban J connectivity index is 3.20. The molecule has 0 unspecified atom stereocenters. The highest BCUT2D eigenvalue weighted by Crippen LogP contribution is 2.30. The molecule has 0 aliphatic rings. The van der Waals surface area contributed by atoms with Gasteiger partial charge in [0.05, 0.1) is 5.60 Å². The van der Waals surface area contributed by atoms with Gasteiger partial charge in [-0.05, 0) is 30.9 Å². The van der Waals surface area contributed by atoms with Crippen molar-refractivity contribution in [3.05, 3.63) is 35.4 Å². The summed E-state index contributed by atoms with van der Waals surface area (Å²) in [5.74, 6) is 0.558. The molecule has 0 heterocycles. The molecule has 0 bridgehead atoms. The zero-order valence-corrected chi connectivity index (χ0v) is 11.8. The summed E-state index contributed by atoms with van der Waals surface area (Å²) < 4.78 is 5.65. The summed E-state index contributed by atoms with van der Waals surface area (Å²) in [6, 6.07) is 8.56. The molecule has 0 fully saturated rings. The van der Waals surface area contributed by atoms with E-state index in [9.17, 15) is 0 Å². The lowest BCUT2D eigenvalue weighted by Gasteiger charge is -2.28. The molecule has 0 saturated carbocycles. The first-order chi connectivity index (χ1) is 6.49. The summed E-state index contributed by atoms with van der Waals surface area (Å²) in [5.41, 5.74) is 2.59. The Morgan fingerprint density at radius 1 is 1.21 bits per heavy atom. The molecule has 0 aromatic heterocycles. The van der Waals surface area contributed by atoms with Gasteiger partial charge >= 0.3 is 0 Å². The van der Waals surface area contributed by atoms with Crippen LogP contribution in [-0.4, -0.2) is 10.5 Å². The van der Waals surface area contributed by atoms with Crippen LogP contribution < -0.4 is 0 Å². The Kier molecular flexibility index (Phi) is 3.51. The van der Waals surface area contributed by atoms with Crippen molar-refractivity contribution in [2.75, 3.05) is 0 Å². The molecule has 0 radical (unpaired) electrons. The average Bonchev–Trinajstić information content (AvgIpc) is 2.18. The van der Waals surface area contributed by atoms with Crippen molar-refractivity contribution in [1.82, 2.24) is 0 Å². The molecule has 0 saturated heterocycles.